The molecule has 1 unspecified atom stereocenters. The molecule has 134 valence electrons. The largest absolute Gasteiger partial charge is 0.483 e. The van der Waals surface area contributed by atoms with Crippen LogP contribution in [0.1, 0.15) is 28.5 Å². The molecule has 2 heterocycles. The predicted octanol–water partition coefficient (Wildman–Crippen LogP) is 3.31. The molecule has 1 aromatic heterocycles. The van der Waals surface area contributed by atoms with Gasteiger partial charge < -0.3 is 10.1 Å². The zero-order chi connectivity index (χ0) is 17.8. The first-order valence-corrected chi connectivity index (χ1v) is 9.67. The zero-order valence-electron chi connectivity index (χ0n) is 15.2. The van der Waals surface area contributed by atoms with Crippen molar-refractivity contribution in [3.63, 3.8) is 0 Å². The molecule has 0 fully saturated rings. The van der Waals surface area contributed by atoms with Crippen LogP contribution in [0.4, 0.5) is 0 Å². The third-order valence-corrected chi connectivity index (χ3v) is 5.78. The van der Waals surface area contributed by atoms with Gasteiger partial charge >= 0.3 is 0 Å². The number of ether oxygens (including phenoxy) is 1. The Morgan fingerprint density at radius 1 is 1.36 bits per heavy atom. The monoisotopic (exact) mass is 358 g/mol. The molecule has 3 rings (SSSR count). The number of rotatable bonds is 6. The number of thiophene rings is 1. The van der Waals surface area contributed by atoms with Crippen molar-refractivity contribution in [3.05, 3.63) is 51.2 Å². The fourth-order valence-electron chi connectivity index (χ4n) is 3.09. The Balaban J connectivity index is 1.44. The van der Waals surface area contributed by atoms with E-state index in [0.29, 0.717) is 12.6 Å². The average Bonchev–Trinajstić information content (AvgIpc) is 3.08. The van der Waals surface area contributed by atoms with Crippen LogP contribution >= 0.6 is 11.3 Å². The number of nitrogens with zero attached hydrogens (tertiary/aromatic N) is 1. The first-order chi connectivity index (χ1) is 12.0. The molecular formula is C20H26N2O2S. The predicted molar refractivity (Wildman–Crippen MR) is 102 cm³/mol. The summed E-state index contributed by atoms with van der Waals surface area (Å²) in [6.45, 7) is 8.93. The van der Waals surface area contributed by atoms with Crippen molar-refractivity contribution in [2.45, 2.75) is 39.8 Å². The van der Waals surface area contributed by atoms with Crippen LogP contribution < -0.4 is 10.1 Å². The van der Waals surface area contributed by atoms with Crippen molar-refractivity contribution in [2.24, 2.45) is 0 Å². The average molecular weight is 359 g/mol. The van der Waals surface area contributed by atoms with Gasteiger partial charge in [0.2, 0.25) is 0 Å². The van der Waals surface area contributed by atoms with Crippen LogP contribution in [0.2, 0.25) is 0 Å². The van der Waals surface area contributed by atoms with Gasteiger partial charge in [0, 0.05) is 30.6 Å². The number of benzene rings is 1. The van der Waals surface area contributed by atoms with Gasteiger partial charge in [-0.15, -0.1) is 11.3 Å². The summed E-state index contributed by atoms with van der Waals surface area (Å²) in [6, 6.07) is 8.56. The van der Waals surface area contributed by atoms with Gasteiger partial charge in [0.25, 0.3) is 5.91 Å². The normalized spacial score (nSPS) is 15.5. The zero-order valence-corrected chi connectivity index (χ0v) is 16.0. The van der Waals surface area contributed by atoms with Crippen LogP contribution in [0.25, 0.3) is 0 Å². The third kappa shape index (κ3) is 4.61. The first-order valence-electron chi connectivity index (χ1n) is 8.79. The van der Waals surface area contributed by atoms with Gasteiger partial charge in [0.05, 0.1) is 0 Å². The van der Waals surface area contributed by atoms with Crippen molar-refractivity contribution < 1.29 is 9.53 Å². The molecule has 0 radical (unpaired) electrons. The maximum Gasteiger partial charge on any atom is 0.257 e. The Morgan fingerprint density at radius 3 is 3.04 bits per heavy atom. The lowest BCUT2D eigenvalue weighted by Gasteiger charge is -2.32. The summed E-state index contributed by atoms with van der Waals surface area (Å²) in [7, 11) is 0. The summed E-state index contributed by atoms with van der Waals surface area (Å²) in [5.41, 5.74) is 3.62. The van der Waals surface area contributed by atoms with E-state index in [0.717, 1.165) is 36.4 Å². The highest BCUT2D eigenvalue weighted by Gasteiger charge is 2.21. The van der Waals surface area contributed by atoms with Crippen molar-refractivity contribution >= 4 is 17.2 Å². The maximum atomic E-state index is 12.1. The Morgan fingerprint density at radius 2 is 2.20 bits per heavy atom. The van der Waals surface area contributed by atoms with E-state index < -0.39 is 0 Å². The lowest BCUT2D eigenvalue weighted by atomic mass is 10.1. The van der Waals surface area contributed by atoms with Gasteiger partial charge in [-0.05, 0) is 61.4 Å². The lowest BCUT2D eigenvalue weighted by molar-refractivity contribution is -0.123. The van der Waals surface area contributed by atoms with Gasteiger partial charge in [-0.1, -0.05) is 12.1 Å². The van der Waals surface area contributed by atoms with Crippen LogP contribution in [-0.2, 0) is 17.8 Å². The summed E-state index contributed by atoms with van der Waals surface area (Å²) >= 11 is 1.85. The van der Waals surface area contributed by atoms with E-state index in [9.17, 15) is 4.79 Å². The molecule has 1 aliphatic rings. The molecule has 1 amide bonds. The molecule has 0 spiro atoms. The minimum absolute atomic E-state index is 0.0612. The number of hydrogen-bond donors (Lipinski definition) is 1. The molecule has 2 aromatic rings. The molecule has 0 saturated heterocycles. The smallest absolute Gasteiger partial charge is 0.257 e. The van der Waals surface area contributed by atoms with E-state index in [1.165, 1.54) is 10.4 Å². The topological polar surface area (TPSA) is 41.6 Å². The van der Waals surface area contributed by atoms with Crippen LogP contribution in [0.15, 0.2) is 29.6 Å². The molecule has 0 aliphatic carbocycles. The standard InChI is InChI=1S/C20H26N2O2S/c1-14-4-5-15(2)18(10-14)24-13-20(23)21-11-16(3)22-8-6-19-17(12-22)7-9-25-19/h4-5,7,9-10,16H,6,8,11-13H2,1-3H3,(H,21,23). The van der Waals surface area contributed by atoms with Crippen LogP contribution in [0.3, 0.4) is 0 Å². The summed E-state index contributed by atoms with van der Waals surface area (Å²) in [4.78, 5) is 16.0. The molecule has 5 heteroatoms. The van der Waals surface area contributed by atoms with E-state index in [1.54, 1.807) is 0 Å². The van der Waals surface area contributed by atoms with Gasteiger partial charge in [-0.2, -0.15) is 0 Å². The van der Waals surface area contributed by atoms with Crippen molar-refractivity contribution in [1.82, 2.24) is 10.2 Å². The van der Waals surface area contributed by atoms with Gasteiger partial charge in [0.15, 0.2) is 6.61 Å². The number of nitrogens with one attached hydrogen (secondary N) is 1. The van der Waals surface area contributed by atoms with Gasteiger partial charge in [0.1, 0.15) is 5.75 Å². The summed E-state index contributed by atoms with van der Waals surface area (Å²) in [6.07, 6.45) is 1.11. The Kier molecular flexibility index (Phi) is 5.76. The second kappa shape index (κ2) is 8.02. The highest BCUT2D eigenvalue weighted by Crippen LogP contribution is 2.25. The number of carbonyl (C=O) groups excluding carboxylic acids is 1. The molecule has 4 nitrogen and oxygen atoms in total. The molecule has 1 atom stereocenters. The van der Waals surface area contributed by atoms with E-state index in [4.69, 9.17) is 4.74 Å². The highest BCUT2D eigenvalue weighted by molar-refractivity contribution is 7.10. The van der Waals surface area contributed by atoms with Crippen molar-refractivity contribution in [2.75, 3.05) is 19.7 Å². The molecule has 1 aliphatic heterocycles. The van der Waals surface area contributed by atoms with Gasteiger partial charge in [-0.3, -0.25) is 9.69 Å². The Bertz CT molecular complexity index is 741. The van der Waals surface area contributed by atoms with E-state index in [-0.39, 0.29) is 12.5 Å². The second-order valence-corrected chi connectivity index (χ2v) is 7.80. The first kappa shape index (κ1) is 18.0. The Labute approximate surface area is 153 Å². The van der Waals surface area contributed by atoms with Crippen molar-refractivity contribution in [1.29, 1.82) is 0 Å². The SMILES string of the molecule is Cc1ccc(C)c(OCC(=O)NCC(C)N2CCc3sccc3C2)c1. The van der Waals surface area contributed by atoms with Crippen LogP contribution in [0.5, 0.6) is 5.75 Å². The van der Waals surface area contributed by atoms with Crippen LogP contribution in [-0.4, -0.2) is 36.5 Å². The maximum absolute atomic E-state index is 12.1. The lowest BCUT2D eigenvalue weighted by Crippen LogP contribution is -2.45. The number of hydrogen-bond acceptors (Lipinski definition) is 4. The molecule has 0 bridgehead atoms. The fraction of sp³-hybridized carbons (Fsp3) is 0.450. The number of carbonyl (C=O) groups is 1. The summed E-state index contributed by atoms with van der Waals surface area (Å²) in [5.74, 6) is 0.713. The highest BCUT2D eigenvalue weighted by atomic mass is 32.1. The quantitative estimate of drug-likeness (QED) is 0.861. The molecule has 0 saturated carbocycles. The fourth-order valence-corrected chi connectivity index (χ4v) is 3.98. The second-order valence-electron chi connectivity index (χ2n) is 6.80. The third-order valence-electron chi connectivity index (χ3n) is 4.76. The molecule has 1 N–H and O–H groups in total. The van der Waals surface area contributed by atoms with E-state index >= 15 is 0 Å². The number of amides is 1. The van der Waals surface area contributed by atoms with E-state index in [2.05, 4.69) is 28.6 Å². The molecular weight excluding hydrogens is 332 g/mol. The number of fused-ring (bicyclic) bond motifs is 1. The minimum Gasteiger partial charge on any atom is -0.483 e. The minimum atomic E-state index is -0.0685. The summed E-state index contributed by atoms with van der Waals surface area (Å²) in [5, 5.41) is 5.17. The molecule has 25 heavy (non-hydrogen) atoms. The van der Waals surface area contributed by atoms with Gasteiger partial charge in [-0.25, -0.2) is 0 Å². The van der Waals surface area contributed by atoms with E-state index in [1.807, 2.05) is 43.4 Å². The van der Waals surface area contributed by atoms with Crippen molar-refractivity contribution in [3.8, 4) is 5.75 Å². The Hall–Kier alpha value is -1.85. The summed E-state index contributed by atoms with van der Waals surface area (Å²) < 4.78 is 5.67. The van der Waals surface area contributed by atoms with Crippen LogP contribution in [0, 0.1) is 13.8 Å². The number of aryl methyl sites for hydroxylation is 2. The molecule has 1 aromatic carbocycles.